The molecular formula is C10H19N. The molecule has 0 aliphatic heterocycles. The largest absolute Gasteiger partial charge is 0.311 e. The summed E-state index contributed by atoms with van der Waals surface area (Å²) in [5.41, 5.74) is 0.618. The predicted molar refractivity (Wildman–Crippen MR) is 47.6 cm³/mol. The molecule has 1 atom stereocenters. The minimum absolute atomic E-state index is 0.618. The Morgan fingerprint density at radius 2 is 1.82 bits per heavy atom. The van der Waals surface area contributed by atoms with E-state index in [1.807, 2.05) is 0 Å². The van der Waals surface area contributed by atoms with Gasteiger partial charge in [-0.15, -0.1) is 0 Å². The van der Waals surface area contributed by atoms with Crippen LogP contribution >= 0.6 is 0 Å². The van der Waals surface area contributed by atoms with Gasteiger partial charge in [-0.25, -0.2) is 0 Å². The van der Waals surface area contributed by atoms with Crippen LogP contribution in [0.1, 0.15) is 46.0 Å². The lowest BCUT2D eigenvalue weighted by molar-refractivity contribution is 0.364. The van der Waals surface area contributed by atoms with Crippen LogP contribution in [-0.2, 0) is 0 Å². The molecule has 1 unspecified atom stereocenters. The molecule has 0 amide bonds. The average molecular weight is 153 g/mol. The maximum atomic E-state index is 3.71. The quantitative estimate of drug-likeness (QED) is 0.642. The van der Waals surface area contributed by atoms with Crippen LogP contribution in [0.4, 0.5) is 0 Å². The minimum atomic E-state index is 0.618. The molecule has 1 nitrogen and oxygen atoms in total. The predicted octanol–water partition coefficient (Wildman–Crippen LogP) is 2.32. The maximum Gasteiger partial charge on any atom is 0.00749 e. The van der Waals surface area contributed by atoms with E-state index in [0.717, 1.165) is 12.1 Å². The van der Waals surface area contributed by atoms with Crippen molar-refractivity contribution in [3.8, 4) is 0 Å². The Bertz CT molecular complexity index is 147. The van der Waals surface area contributed by atoms with Crippen LogP contribution in [0.3, 0.4) is 0 Å². The fourth-order valence-corrected chi connectivity index (χ4v) is 2.16. The third-order valence-corrected chi connectivity index (χ3v) is 3.02. The number of rotatable bonds is 2. The summed E-state index contributed by atoms with van der Waals surface area (Å²) in [7, 11) is 0. The van der Waals surface area contributed by atoms with Crippen molar-refractivity contribution in [2.45, 2.75) is 58.0 Å². The van der Waals surface area contributed by atoms with Crippen LogP contribution in [0, 0.1) is 5.41 Å². The van der Waals surface area contributed by atoms with Crippen molar-refractivity contribution in [2.24, 2.45) is 5.41 Å². The monoisotopic (exact) mass is 153 g/mol. The van der Waals surface area contributed by atoms with Crippen LogP contribution in [0.2, 0.25) is 0 Å². The zero-order valence-electron chi connectivity index (χ0n) is 7.69. The highest BCUT2D eigenvalue weighted by atomic mass is 15.0. The molecule has 0 radical (unpaired) electrons. The topological polar surface area (TPSA) is 12.0 Å². The minimum Gasteiger partial charge on any atom is -0.311 e. The first-order valence-corrected chi connectivity index (χ1v) is 4.92. The Balaban J connectivity index is 1.79. The molecule has 0 heterocycles. The summed E-state index contributed by atoms with van der Waals surface area (Å²) < 4.78 is 0. The number of hydrogen-bond acceptors (Lipinski definition) is 1. The van der Waals surface area contributed by atoms with Crippen LogP contribution in [-0.4, -0.2) is 12.1 Å². The fourth-order valence-electron chi connectivity index (χ4n) is 2.16. The molecule has 2 aliphatic carbocycles. The first kappa shape index (κ1) is 7.60. The highest BCUT2D eigenvalue weighted by molar-refractivity contribution is 4.91. The molecule has 0 aromatic rings. The molecule has 2 aliphatic rings. The van der Waals surface area contributed by atoms with Crippen LogP contribution in [0.15, 0.2) is 0 Å². The van der Waals surface area contributed by atoms with Gasteiger partial charge in [-0.3, -0.25) is 0 Å². The van der Waals surface area contributed by atoms with E-state index >= 15 is 0 Å². The van der Waals surface area contributed by atoms with Gasteiger partial charge in [-0.2, -0.15) is 0 Å². The summed E-state index contributed by atoms with van der Waals surface area (Å²) in [5.74, 6) is 0. The zero-order valence-corrected chi connectivity index (χ0v) is 7.69. The van der Waals surface area contributed by atoms with Gasteiger partial charge in [0.25, 0.3) is 0 Å². The first-order chi connectivity index (χ1) is 5.16. The van der Waals surface area contributed by atoms with Crippen LogP contribution < -0.4 is 5.32 Å². The van der Waals surface area contributed by atoms with Crippen molar-refractivity contribution in [1.29, 1.82) is 0 Å². The van der Waals surface area contributed by atoms with Gasteiger partial charge in [0.05, 0.1) is 0 Å². The molecule has 1 heteroatoms. The Morgan fingerprint density at radius 1 is 1.09 bits per heavy atom. The molecule has 0 aromatic heterocycles. The lowest BCUT2D eigenvalue weighted by atomic mass is 9.92. The average Bonchev–Trinajstić information content (AvgIpc) is 2.61. The summed E-state index contributed by atoms with van der Waals surface area (Å²) in [6, 6.07) is 1.74. The van der Waals surface area contributed by atoms with Crippen molar-refractivity contribution in [2.75, 3.05) is 0 Å². The molecule has 2 fully saturated rings. The van der Waals surface area contributed by atoms with Crippen molar-refractivity contribution in [1.82, 2.24) is 5.32 Å². The summed E-state index contributed by atoms with van der Waals surface area (Å²) in [5, 5.41) is 3.71. The third kappa shape index (κ3) is 1.96. The Hall–Kier alpha value is -0.0400. The molecule has 2 rings (SSSR count). The fraction of sp³-hybridized carbons (Fsp3) is 1.00. The van der Waals surface area contributed by atoms with Crippen molar-refractivity contribution in [3.05, 3.63) is 0 Å². The maximum absolute atomic E-state index is 3.71. The van der Waals surface area contributed by atoms with Gasteiger partial charge in [-0.05, 0) is 37.5 Å². The molecule has 0 bridgehead atoms. The van der Waals surface area contributed by atoms with E-state index in [1.165, 1.54) is 32.1 Å². The summed E-state index contributed by atoms with van der Waals surface area (Å²) in [6.45, 7) is 4.78. The number of hydrogen-bond donors (Lipinski definition) is 1. The normalized spacial score (nSPS) is 36.0. The zero-order chi connectivity index (χ0) is 7.90. The summed E-state index contributed by atoms with van der Waals surface area (Å²) in [6.07, 6.45) is 7.07. The Labute approximate surface area is 69.6 Å². The second-order valence-electron chi connectivity index (χ2n) is 5.04. The van der Waals surface area contributed by atoms with E-state index in [0.29, 0.717) is 5.41 Å². The summed E-state index contributed by atoms with van der Waals surface area (Å²) in [4.78, 5) is 0. The van der Waals surface area contributed by atoms with Crippen molar-refractivity contribution < 1.29 is 0 Å². The van der Waals surface area contributed by atoms with Gasteiger partial charge in [0.15, 0.2) is 0 Å². The molecule has 64 valence electrons. The van der Waals surface area contributed by atoms with Crippen LogP contribution in [0.5, 0.6) is 0 Å². The van der Waals surface area contributed by atoms with E-state index < -0.39 is 0 Å². The highest BCUT2D eigenvalue weighted by Crippen LogP contribution is 2.38. The molecule has 1 N–H and O–H groups in total. The summed E-state index contributed by atoms with van der Waals surface area (Å²) >= 11 is 0. The second kappa shape index (κ2) is 2.48. The van der Waals surface area contributed by atoms with E-state index in [2.05, 4.69) is 19.2 Å². The van der Waals surface area contributed by atoms with Gasteiger partial charge in [0.1, 0.15) is 0 Å². The Kier molecular flexibility index (Phi) is 1.71. The second-order valence-corrected chi connectivity index (χ2v) is 5.04. The van der Waals surface area contributed by atoms with E-state index in [-0.39, 0.29) is 0 Å². The van der Waals surface area contributed by atoms with Crippen molar-refractivity contribution >= 4 is 0 Å². The lowest BCUT2D eigenvalue weighted by Gasteiger charge is -2.17. The smallest absolute Gasteiger partial charge is 0.00749 e. The highest BCUT2D eigenvalue weighted by Gasteiger charge is 2.33. The number of nitrogens with one attached hydrogen (secondary N) is 1. The van der Waals surface area contributed by atoms with Gasteiger partial charge in [0, 0.05) is 12.1 Å². The SMILES string of the molecule is CC1(C)CCC(NC2CC2)C1. The molecular weight excluding hydrogens is 134 g/mol. The lowest BCUT2D eigenvalue weighted by Crippen LogP contribution is -2.29. The van der Waals surface area contributed by atoms with E-state index in [9.17, 15) is 0 Å². The molecule has 2 saturated carbocycles. The standard InChI is InChI=1S/C10H19N/c1-10(2)6-5-9(7-10)11-8-3-4-8/h8-9,11H,3-7H2,1-2H3. The molecule has 11 heavy (non-hydrogen) atoms. The van der Waals surface area contributed by atoms with Crippen molar-refractivity contribution in [3.63, 3.8) is 0 Å². The molecule has 0 spiro atoms. The molecule has 0 saturated heterocycles. The van der Waals surface area contributed by atoms with Gasteiger partial charge in [-0.1, -0.05) is 13.8 Å². The van der Waals surface area contributed by atoms with Gasteiger partial charge < -0.3 is 5.32 Å². The molecule has 0 aromatic carbocycles. The van der Waals surface area contributed by atoms with Gasteiger partial charge >= 0.3 is 0 Å². The first-order valence-electron chi connectivity index (χ1n) is 4.92. The third-order valence-electron chi connectivity index (χ3n) is 3.02. The Morgan fingerprint density at radius 3 is 2.27 bits per heavy atom. The van der Waals surface area contributed by atoms with Crippen LogP contribution in [0.25, 0.3) is 0 Å². The van der Waals surface area contributed by atoms with Gasteiger partial charge in [0.2, 0.25) is 0 Å². The van der Waals surface area contributed by atoms with E-state index in [1.54, 1.807) is 0 Å². The van der Waals surface area contributed by atoms with E-state index in [4.69, 9.17) is 0 Å².